The molecular weight excluding hydrogens is 547 g/mol. The highest BCUT2D eigenvalue weighted by Crippen LogP contribution is 2.42. The van der Waals surface area contributed by atoms with Gasteiger partial charge in [-0.2, -0.15) is 18.3 Å². The number of fused-ring (bicyclic) bond motifs is 2. The molecule has 4 aromatic rings. The number of halogens is 3. The molecule has 0 N–H and O–H groups in total. The van der Waals surface area contributed by atoms with Crippen LogP contribution in [0.15, 0.2) is 48.9 Å². The van der Waals surface area contributed by atoms with Crippen molar-refractivity contribution < 1.29 is 22.7 Å². The number of amides is 1. The first-order valence-electron chi connectivity index (χ1n) is 13.9. The largest absolute Gasteiger partial charge is 0.416 e. The molecule has 2 aromatic carbocycles. The molecular formula is C30H30F3N7O2. The Kier molecular flexibility index (Phi) is 6.16. The number of carbonyl (C=O) groups is 1. The minimum atomic E-state index is -4.59. The van der Waals surface area contributed by atoms with Gasteiger partial charge in [-0.05, 0) is 53.8 Å². The zero-order chi connectivity index (χ0) is 29.2. The molecule has 7 rings (SSSR count). The van der Waals surface area contributed by atoms with Crippen LogP contribution in [0.3, 0.4) is 0 Å². The lowest BCUT2D eigenvalue weighted by molar-refractivity contribution is -0.138. The van der Waals surface area contributed by atoms with E-state index in [1.165, 1.54) is 11.0 Å². The molecule has 0 radical (unpaired) electrons. The third-order valence-corrected chi connectivity index (χ3v) is 8.83. The summed E-state index contributed by atoms with van der Waals surface area (Å²) in [6.07, 6.45) is 1.17. The van der Waals surface area contributed by atoms with Crippen molar-refractivity contribution in [1.82, 2.24) is 24.5 Å². The summed E-state index contributed by atoms with van der Waals surface area (Å²) in [5.41, 5.74) is 2.98. The monoisotopic (exact) mass is 577 g/mol. The summed E-state index contributed by atoms with van der Waals surface area (Å²) >= 11 is 0. The van der Waals surface area contributed by atoms with Crippen molar-refractivity contribution in [2.75, 3.05) is 29.6 Å². The fourth-order valence-electron chi connectivity index (χ4n) is 6.46. The van der Waals surface area contributed by atoms with Crippen molar-refractivity contribution in [3.05, 3.63) is 88.3 Å². The zero-order valence-corrected chi connectivity index (χ0v) is 23.4. The lowest BCUT2D eigenvalue weighted by Crippen LogP contribution is -2.49. The van der Waals surface area contributed by atoms with Gasteiger partial charge in [0.05, 0.1) is 42.9 Å². The first-order valence-corrected chi connectivity index (χ1v) is 13.9. The van der Waals surface area contributed by atoms with Gasteiger partial charge in [0, 0.05) is 50.3 Å². The SMILES string of the molecule is Cn1cnnc1CC1(c2cccc(N3Cc4c(cc(CN5CCCc6c5cnn6C)cc4C(F)(F)F)C3=O)c2)COC1. The minimum Gasteiger partial charge on any atom is -0.379 e. The van der Waals surface area contributed by atoms with Crippen LogP contribution < -0.4 is 9.80 Å². The van der Waals surface area contributed by atoms with Crippen LogP contribution in [0, 0.1) is 0 Å². The van der Waals surface area contributed by atoms with E-state index in [4.69, 9.17) is 4.74 Å². The molecule has 9 nitrogen and oxygen atoms in total. The number of alkyl halides is 3. The maximum absolute atomic E-state index is 14.4. The number of anilines is 2. The van der Waals surface area contributed by atoms with Crippen molar-refractivity contribution >= 4 is 17.3 Å². The van der Waals surface area contributed by atoms with E-state index in [-0.39, 0.29) is 29.6 Å². The van der Waals surface area contributed by atoms with Crippen LogP contribution >= 0.6 is 0 Å². The van der Waals surface area contributed by atoms with Crippen LogP contribution in [0.4, 0.5) is 24.5 Å². The second-order valence-corrected chi connectivity index (χ2v) is 11.5. The number of rotatable bonds is 6. The summed E-state index contributed by atoms with van der Waals surface area (Å²) < 4.78 is 52.5. The van der Waals surface area contributed by atoms with E-state index in [2.05, 4.69) is 15.3 Å². The summed E-state index contributed by atoms with van der Waals surface area (Å²) in [5.74, 6) is 0.380. The molecule has 1 saturated heterocycles. The topological polar surface area (TPSA) is 81.3 Å². The van der Waals surface area contributed by atoms with Crippen LogP contribution in [0.25, 0.3) is 0 Å². The predicted molar refractivity (Wildman–Crippen MR) is 148 cm³/mol. The van der Waals surface area contributed by atoms with Crippen LogP contribution in [-0.4, -0.2) is 50.2 Å². The summed E-state index contributed by atoms with van der Waals surface area (Å²) in [6.45, 7) is 1.80. The number of benzene rings is 2. The Morgan fingerprint density at radius 2 is 1.95 bits per heavy atom. The number of ether oxygens (including phenoxy) is 1. The lowest BCUT2D eigenvalue weighted by atomic mass is 9.75. The van der Waals surface area contributed by atoms with Crippen LogP contribution in [-0.2, 0) is 56.4 Å². The molecule has 3 aliphatic heterocycles. The molecule has 0 atom stereocenters. The number of hydrogen-bond donors (Lipinski definition) is 0. The van der Waals surface area contributed by atoms with Gasteiger partial charge in [0.1, 0.15) is 12.2 Å². The second-order valence-electron chi connectivity index (χ2n) is 11.5. The van der Waals surface area contributed by atoms with Gasteiger partial charge in [0.15, 0.2) is 0 Å². The van der Waals surface area contributed by atoms with E-state index in [0.717, 1.165) is 35.6 Å². The van der Waals surface area contributed by atoms with Crippen molar-refractivity contribution in [3.63, 3.8) is 0 Å². The van der Waals surface area contributed by atoms with E-state index in [1.807, 2.05) is 46.4 Å². The van der Waals surface area contributed by atoms with Crippen LogP contribution in [0.1, 0.15) is 50.6 Å². The summed E-state index contributed by atoms with van der Waals surface area (Å²) in [5, 5.41) is 12.5. The molecule has 0 unspecified atom stereocenters. The Morgan fingerprint density at radius 3 is 2.67 bits per heavy atom. The lowest BCUT2D eigenvalue weighted by Gasteiger charge is -2.42. The van der Waals surface area contributed by atoms with E-state index in [1.54, 1.807) is 24.7 Å². The average Bonchev–Trinajstić information content (AvgIpc) is 3.63. The molecule has 2 aromatic heterocycles. The Labute approximate surface area is 240 Å². The normalized spacial score (nSPS) is 17.8. The Hall–Kier alpha value is -4.19. The van der Waals surface area contributed by atoms with Crippen molar-refractivity contribution in [2.45, 2.75) is 43.9 Å². The summed E-state index contributed by atoms with van der Waals surface area (Å²) in [4.78, 5) is 17.2. The molecule has 0 bridgehead atoms. The maximum atomic E-state index is 14.4. The third-order valence-electron chi connectivity index (χ3n) is 8.83. The molecule has 0 aliphatic carbocycles. The molecule has 5 heterocycles. The maximum Gasteiger partial charge on any atom is 0.416 e. The predicted octanol–water partition coefficient (Wildman–Crippen LogP) is 4.19. The molecule has 0 spiro atoms. The Bertz CT molecular complexity index is 1690. The minimum absolute atomic E-state index is 0.0168. The average molecular weight is 578 g/mol. The molecule has 1 fully saturated rings. The molecule has 0 saturated carbocycles. The van der Waals surface area contributed by atoms with Gasteiger partial charge in [-0.25, -0.2) is 0 Å². The van der Waals surface area contributed by atoms with Crippen LogP contribution in [0.5, 0.6) is 0 Å². The van der Waals surface area contributed by atoms with Gasteiger partial charge in [0.25, 0.3) is 5.91 Å². The van der Waals surface area contributed by atoms with E-state index >= 15 is 0 Å². The van der Waals surface area contributed by atoms with Crippen LogP contribution in [0.2, 0.25) is 0 Å². The number of carbonyl (C=O) groups excluding carboxylic acids is 1. The van der Waals surface area contributed by atoms with Gasteiger partial charge in [-0.3, -0.25) is 9.48 Å². The molecule has 3 aliphatic rings. The molecule has 12 heteroatoms. The molecule has 42 heavy (non-hydrogen) atoms. The Morgan fingerprint density at radius 1 is 1.12 bits per heavy atom. The number of hydrogen-bond acceptors (Lipinski definition) is 6. The highest BCUT2D eigenvalue weighted by molar-refractivity contribution is 6.10. The second kappa shape index (κ2) is 9.69. The van der Waals surface area contributed by atoms with E-state index in [0.29, 0.717) is 37.4 Å². The Balaban J connectivity index is 1.21. The zero-order valence-electron chi connectivity index (χ0n) is 23.4. The fourth-order valence-corrected chi connectivity index (χ4v) is 6.46. The third kappa shape index (κ3) is 4.36. The molecule has 218 valence electrons. The standard InChI is InChI=1S/C30H30F3N7O2/c1-37-18-34-36-27(37)12-29(16-42-17-29)20-5-3-6-21(11-20)40-15-23-22(28(40)41)9-19(10-24(23)30(31,32)33)14-39-8-4-7-25-26(39)13-35-38(25)2/h3,5-6,9-11,13,18H,4,7-8,12,14-17H2,1-2H3. The number of nitrogens with zero attached hydrogens (tertiary/aromatic N) is 7. The summed E-state index contributed by atoms with van der Waals surface area (Å²) in [6, 6.07) is 10.3. The highest BCUT2D eigenvalue weighted by atomic mass is 19.4. The van der Waals surface area contributed by atoms with Gasteiger partial charge in [-0.15, -0.1) is 10.2 Å². The summed E-state index contributed by atoms with van der Waals surface area (Å²) in [7, 11) is 3.75. The fraction of sp³-hybridized carbons (Fsp3) is 0.400. The smallest absolute Gasteiger partial charge is 0.379 e. The van der Waals surface area contributed by atoms with Gasteiger partial charge < -0.3 is 19.1 Å². The van der Waals surface area contributed by atoms with Gasteiger partial charge in [0.2, 0.25) is 0 Å². The first-order chi connectivity index (χ1) is 20.1. The highest BCUT2D eigenvalue weighted by Gasteiger charge is 2.43. The van der Waals surface area contributed by atoms with Crippen molar-refractivity contribution in [2.24, 2.45) is 14.1 Å². The van der Waals surface area contributed by atoms with E-state index in [9.17, 15) is 18.0 Å². The quantitative estimate of drug-likeness (QED) is 0.342. The molecule has 1 amide bonds. The number of aromatic nitrogens is 5. The number of aryl methyl sites for hydroxylation is 2. The van der Waals surface area contributed by atoms with E-state index < -0.39 is 17.6 Å². The van der Waals surface area contributed by atoms with Crippen molar-refractivity contribution in [1.29, 1.82) is 0 Å². The van der Waals surface area contributed by atoms with Crippen molar-refractivity contribution in [3.8, 4) is 0 Å². The first kappa shape index (κ1) is 26.7. The van der Waals surface area contributed by atoms with Gasteiger partial charge >= 0.3 is 6.18 Å². The van der Waals surface area contributed by atoms with Gasteiger partial charge in [-0.1, -0.05) is 12.1 Å².